The topological polar surface area (TPSA) is 110 Å². The maximum Gasteiger partial charge on any atom is 0.311 e. The summed E-state index contributed by atoms with van der Waals surface area (Å²) in [5.41, 5.74) is 5.19. The van der Waals surface area contributed by atoms with Gasteiger partial charge in [0.2, 0.25) is 0 Å². The summed E-state index contributed by atoms with van der Waals surface area (Å²) in [5, 5.41) is 2.35. The lowest BCUT2D eigenvalue weighted by atomic mass is 10.2. The third kappa shape index (κ3) is 3.67. The quantitative estimate of drug-likeness (QED) is 0.557. The highest BCUT2D eigenvalue weighted by Gasteiger charge is 2.34. The van der Waals surface area contributed by atoms with E-state index in [9.17, 15) is 18.0 Å². The summed E-state index contributed by atoms with van der Waals surface area (Å²) in [7, 11) is -1.62. The summed E-state index contributed by atoms with van der Waals surface area (Å²) >= 11 is 0. The van der Waals surface area contributed by atoms with Crippen molar-refractivity contribution in [2.45, 2.75) is 12.5 Å². The van der Waals surface area contributed by atoms with Gasteiger partial charge >= 0.3 is 11.8 Å². The molecule has 7 nitrogen and oxygen atoms in total. The van der Waals surface area contributed by atoms with E-state index in [0.29, 0.717) is 6.42 Å². The van der Waals surface area contributed by atoms with Crippen LogP contribution >= 0.6 is 0 Å². The second-order valence-corrected chi connectivity index (χ2v) is 6.25. The van der Waals surface area contributed by atoms with E-state index in [2.05, 4.69) is 5.32 Å². The molecule has 1 rings (SSSR count). The van der Waals surface area contributed by atoms with Gasteiger partial charge in [0, 0.05) is 26.2 Å². The average molecular weight is 263 g/mol. The van der Waals surface area contributed by atoms with E-state index in [1.165, 1.54) is 11.9 Å². The van der Waals surface area contributed by atoms with Crippen LogP contribution in [0.5, 0.6) is 0 Å². The highest BCUT2D eigenvalue weighted by Crippen LogP contribution is 2.16. The minimum atomic E-state index is -3.06. The molecule has 0 spiro atoms. The average Bonchev–Trinajstić information content (AvgIpc) is 2.64. The molecule has 0 aliphatic carbocycles. The monoisotopic (exact) mass is 263 g/mol. The normalized spacial score (nSPS) is 22.1. The Morgan fingerprint density at radius 1 is 1.47 bits per heavy atom. The van der Waals surface area contributed by atoms with Gasteiger partial charge in [-0.1, -0.05) is 0 Å². The van der Waals surface area contributed by atoms with E-state index in [1.807, 2.05) is 0 Å². The molecule has 1 heterocycles. The van der Waals surface area contributed by atoms with E-state index in [-0.39, 0.29) is 24.6 Å². The van der Waals surface area contributed by atoms with Crippen LogP contribution in [0.2, 0.25) is 0 Å². The highest BCUT2D eigenvalue weighted by molar-refractivity contribution is 7.91. The lowest BCUT2D eigenvalue weighted by Gasteiger charge is -2.22. The maximum absolute atomic E-state index is 11.6. The molecular formula is C9H17N3O4S. The van der Waals surface area contributed by atoms with Crippen molar-refractivity contribution >= 4 is 21.7 Å². The third-order valence-corrected chi connectivity index (χ3v) is 4.45. The number of nitrogens with zero attached hydrogens (tertiary/aromatic N) is 1. The Balaban J connectivity index is 2.56. The minimum Gasteiger partial charge on any atom is -0.347 e. The number of hydrogen-bond acceptors (Lipinski definition) is 5. The zero-order valence-corrected chi connectivity index (χ0v) is 10.5. The first kappa shape index (κ1) is 13.9. The fourth-order valence-corrected chi connectivity index (χ4v) is 3.44. The van der Waals surface area contributed by atoms with Crippen molar-refractivity contribution in [1.82, 2.24) is 10.2 Å². The maximum atomic E-state index is 11.6. The molecule has 0 bridgehead atoms. The molecule has 0 aromatic heterocycles. The molecule has 0 saturated carbocycles. The first-order valence-corrected chi connectivity index (χ1v) is 7.15. The first-order chi connectivity index (χ1) is 7.87. The molecule has 1 aliphatic rings. The molecule has 3 N–H and O–H groups in total. The Morgan fingerprint density at radius 2 is 2.12 bits per heavy atom. The van der Waals surface area contributed by atoms with Gasteiger partial charge in [-0.25, -0.2) is 8.42 Å². The molecule has 1 fully saturated rings. The summed E-state index contributed by atoms with van der Waals surface area (Å²) in [6.45, 7) is 0.474. The van der Waals surface area contributed by atoms with Crippen LogP contribution in [-0.4, -0.2) is 62.8 Å². The van der Waals surface area contributed by atoms with Gasteiger partial charge in [-0.05, 0) is 6.42 Å². The van der Waals surface area contributed by atoms with Crippen LogP contribution in [-0.2, 0) is 19.4 Å². The lowest BCUT2D eigenvalue weighted by Crippen LogP contribution is -2.47. The molecule has 17 heavy (non-hydrogen) atoms. The summed E-state index contributed by atoms with van der Waals surface area (Å²) in [6, 6.07) is -0.406. The van der Waals surface area contributed by atoms with E-state index in [1.54, 1.807) is 0 Å². The fourth-order valence-electron chi connectivity index (χ4n) is 1.67. The number of hydrogen-bond donors (Lipinski definition) is 2. The molecule has 0 aromatic carbocycles. The van der Waals surface area contributed by atoms with Crippen LogP contribution in [0.3, 0.4) is 0 Å². The standard InChI is InChI=1S/C9H17N3O4S/c1-12(7-2-5-17(15,16)6-7)9(14)8(13)11-4-3-10/h7H,2-6,10H2,1H3,(H,11,13). The smallest absolute Gasteiger partial charge is 0.311 e. The number of amides is 2. The van der Waals surface area contributed by atoms with Crippen LogP contribution in [0.4, 0.5) is 0 Å². The van der Waals surface area contributed by atoms with Crippen molar-refractivity contribution in [2.75, 3.05) is 31.6 Å². The molecular weight excluding hydrogens is 246 g/mol. The molecule has 1 aliphatic heterocycles. The van der Waals surface area contributed by atoms with Gasteiger partial charge in [0.1, 0.15) is 0 Å². The summed E-state index contributed by atoms with van der Waals surface area (Å²) in [6.07, 6.45) is 0.384. The van der Waals surface area contributed by atoms with Crippen LogP contribution in [0.25, 0.3) is 0 Å². The second kappa shape index (κ2) is 5.46. The first-order valence-electron chi connectivity index (χ1n) is 5.33. The molecule has 1 saturated heterocycles. The van der Waals surface area contributed by atoms with Crippen molar-refractivity contribution < 1.29 is 18.0 Å². The van der Waals surface area contributed by atoms with Gasteiger partial charge in [-0.2, -0.15) is 0 Å². The number of carbonyl (C=O) groups excluding carboxylic acids is 2. The molecule has 2 amide bonds. The lowest BCUT2D eigenvalue weighted by molar-refractivity contribution is -0.146. The van der Waals surface area contributed by atoms with Gasteiger partial charge in [0.05, 0.1) is 11.5 Å². The van der Waals surface area contributed by atoms with Gasteiger partial charge in [0.15, 0.2) is 9.84 Å². The number of nitrogens with two attached hydrogens (primary N) is 1. The molecule has 0 radical (unpaired) electrons. The van der Waals surface area contributed by atoms with Crippen molar-refractivity contribution in [1.29, 1.82) is 0 Å². The van der Waals surface area contributed by atoms with Crippen LogP contribution in [0, 0.1) is 0 Å². The predicted molar refractivity (Wildman–Crippen MR) is 61.9 cm³/mol. The van der Waals surface area contributed by atoms with Crippen LogP contribution < -0.4 is 11.1 Å². The van der Waals surface area contributed by atoms with Crippen LogP contribution in [0.15, 0.2) is 0 Å². The highest BCUT2D eigenvalue weighted by atomic mass is 32.2. The van der Waals surface area contributed by atoms with Gasteiger partial charge < -0.3 is 16.0 Å². The van der Waals surface area contributed by atoms with Crippen molar-refractivity contribution in [3.63, 3.8) is 0 Å². The molecule has 1 atom stereocenters. The summed E-state index contributed by atoms with van der Waals surface area (Å²) < 4.78 is 22.5. The van der Waals surface area contributed by atoms with E-state index in [0.717, 1.165) is 0 Å². The Bertz CT molecular complexity index is 406. The zero-order chi connectivity index (χ0) is 13.1. The fraction of sp³-hybridized carbons (Fsp3) is 0.778. The van der Waals surface area contributed by atoms with E-state index < -0.39 is 27.7 Å². The number of likely N-dealkylation sites (N-methyl/N-ethyl adjacent to an activating group) is 1. The molecule has 98 valence electrons. The summed E-state index contributed by atoms with van der Waals surface area (Å²) in [4.78, 5) is 24.2. The summed E-state index contributed by atoms with van der Waals surface area (Å²) in [5.74, 6) is -1.47. The predicted octanol–water partition coefficient (Wildman–Crippen LogP) is -2.29. The Morgan fingerprint density at radius 3 is 2.59 bits per heavy atom. The number of nitrogens with one attached hydrogen (secondary N) is 1. The molecule has 0 aromatic rings. The Kier molecular flexibility index (Phi) is 4.47. The van der Waals surface area contributed by atoms with E-state index in [4.69, 9.17) is 5.73 Å². The van der Waals surface area contributed by atoms with Crippen molar-refractivity contribution in [2.24, 2.45) is 5.73 Å². The van der Waals surface area contributed by atoms with Crippen LogP contribution in [0.1, 0.15) is 6.42 Å². The molecule has 1 unspecified atom stereocenters. The van der Waals surface area contributed by atoms with Gasteiger partial charge in [0.25, 0.3) is 0 Å². The number of rotatable bonds is 3. The van der Waals surface area contributed by atoms with E-state index >= 15 is 0 Å². The Hall–Kier alpha value is -1.15. The minimum absolute atomic E-state index is 0.0692. The number of sulfone groups is 1. The second-order valence-electron chi connectivity index (χ2n) is 4.02. The number of carbonyl (C=O) groups is 2. The Labute approximate surface area is 100 Å². The van der Waals surface area contributed by atoms with Gasteiger partial charge in [-0.3, -0.25) is 9.59 Å². The van der Waals surface area contributed by atoms with Crippen molar-refractivity contribution in [3.8, 4) is 0 Å². The molecule has 8 heteroatoms. The zero-order valence-electron chi connectivity index (χ0n) is 9.68. The van der Waals surface area contributed by atoms with Gasteiger partial charge in [-0.15, -0.1) is 0 Å². The largest absolute Gasteiger partial charge is 0.347 e. The SMILES string of the molecule is CN(C(=O)C(=O)NCCN)C1CCS(=O)(=O)C1. The van der Waals surface area contributed by atoms with Crippen molar-refractivity contribution in [3.05, 3.63) is 0 Å². The third-order valence-electron chi connectivity index (χ3n) is 2.70.